The molecule has 0 aliphatic heterocycles. The van der Waals surface area contributed by atoms with Gasteiger partial charge in [-0.2, -0.15) is 0 Å². The van der Waals surface area contributed by atoms with E-state index in [1.54, 1.807) is 13.8 Å². The summed E-state index contributed by atoms with van der Waals surface area (Å²) in [6, 6.07) is 0. The number of Topliss-reactive ketones (excluding diaryl/α,β-unsaturated/α-hetero) is 1. The van der Waals surface area contributed by atoms with Crippen LogP contribution < -0.4 is 0 Å². The molecule has 0 aliphatic carbocycles. The molecule has 0 saturated heterocycles. The summed E-state index contributed by atoms with van der Waals surface area (Å²) >= 11 is 0. The highest BCUT2D eigenvalue weighted by Crippen LogP contribution is 1.94. The molecule has 0 heterocycles. The minimum atomic E-state index is -0.826. The Balaban J connectivity index is 3.79. The maximum Gasteiger partial charge on any atom is 0.313 e. The number of hydrogen-bond donors (Lipinski definition) is 0. The second kappa shape index (κ2) is 5.23. The van der Waals surface area contributed by atoms with Gasteiger partial charge in [0.1, 0.15) is 6.42 Å². The molecule has 0 saturated carbocycles. The van der Waals surface area contributed by atoms with Gasteiger partial charge >= 0.3 is 5.97 Å². The molecule has 0 amide bonds. The van der Waals surface area contributed by atoms with Crippen molar-refractivity contribution >= 4 is 11.8 Å². The molecule has 0 atom stereocenters. The first-order valence-electron chi connectivity index (χ1n) is 3.74. The summed E-state index contributed by atoms with van der Waals surface area (Å²) in [5.41, 5.74) is 0. The number of nitro groups is 1. The zero-order valence-corrected chi connectivity index (χ0v) is 7.48. The fourth-order valence-corrected chi connectivity index (χ4v) is 0.665. The number of carbonyl (C=O) groups excluding carboxylic acids is 2. The summed E-state index contributed by atoms with van der Waals surface area (Å²) in [6.45, 7) is 2.44. The van der Waals surface area contributed by atoms with Crippen molar-refractivity contribution in [3.63, 3.8) is 0 Å². The molecule has 13 heavy (non-hydrogen) atoms. The van der Waals surface area contributed by atoms with E-state index in [9.17, 15) is 19.7 Å². The van der Waals surface area contributed by atoms with E-state index in [1.165, 1.54) is 0 Å². The number of carbonyl (C=O) groups is 2. The molecule has 0 aliphatic rings. The van der Waals surface area contributed by atoms with Gasteiger partial charge in [0.05, 0.1) is 6.10 Å². The summed E-state index contributed by atoms with van der Waals surface area (Å²) in [5.74, 6) is -1.46. The summed E-state index contributed by atoms with van der Waals surface area (Å²) in [4.78, 5) is 30.6. The summed E-state index contributed by atoms with van der Waals surface area (Å²) in [5, 5.41) is 9.85. The van der Waals surface area contributed by atoms with Crippen molar-refractivity contribution in [3.8, 4) is 0 Å². The van der Waals surface area contributed by atoms with Crippen LogP contribution in [0, 0.1) is 10.1 Å². The van der Waals surface area contributed by atoms with Crippen molar-refractivity contribution in [2.24, 2.45) is 0 Å². The normalized spacial score (nSPS) is 9.77. The van der Waals surface area contributed by atoms with Crippen molar-refractivity contribution < 1.29 is 19.2 Å². The third-order valence-corrected chi connectivity index (χ3v) is 1.01. The van der Waals surface area contributed by atoms with Crippen molar-refractivity contribution in [3.05, 3.63) is 10.1 Å². The lowest BCUT2D eigenvalue weighted by Gasteiger charge is -2.05. The van der Waals surface area contributed by atoms with E-state index in [-0.39, 0.29) is 6.10 Å². The van der Waals surface area contributed by atoms with Crippen molar-refractivity contribution in [1.82, 2.24) is 0 Å². The highest BCUT2D eigenvalue weighted by Gasteiger charge is 2.16. The lowest BCUT2D eigenvalue weighted by molar-refractivity contribution is -0.467. The van der Waals surface area contributed by atoms with Crippen LogP contribution in [0.25, 0.3) is 0 Å². The van der Waals surface area contributed by atoms with Gasteiger partial charge in [0.15, 0.2) is 0 Å². The van der Waals surface area contributed by atoms with Crippen molar-refractivity contribution in [2.75, 3.05) is 6.54 Å². The Bertz CT molecular complexity index is 223. The first-order chi connectivity index (χ1) is 5.91. The Labute approximate surface area is 75.0 Å². The van der Waals surface area contributed by atoms with Gasteiger partial charge < -0.3 is 4.74 Å². The van der Waals surface area contributed by atoms with E-state index in [0.29, 0.717) is 0 Å². The molecule has 0 aromatic heterocycles. The quantitative estimate of drug-likeness (QED) is 0.266. The molecule has 6 nitrogen and oxygen atoms in total. The molecule has 0 spiro atoms. The summed E-state index contributed by atoms with van der Waals surface area (Å²) in [7, 11) is 0. The van der Waals surface area contributed by atoms with E-state index in [0.717, 1.165) is 0 Å². The largest absolute Gasteiger partial charge is 0.463 e. The average Bonchev–Trinajstić information content (AvgIpc) is 1.80. The molecule has 0 aromatic rings. The maximum atomic E-state index is 10.8. The lowest BCUT2D eigenvalue weighted by Crippen LogP contribution is -2.20. The SMILES string of the molecule is CC(C)OC(=O)CC(=O)C[N+](=O)[O-]. The van der Waals surface area contributed by atoms with Crippen LogP contribution in [-0.2, 0) is 14.3 Å². The fraction of sp³-hybridized carbons (Fsp3) is 0.714. The number of rotatable bonds is 5. The molecule has 0 rings (SSSR count). The Kier molecular flexibility index (Phi) is 4.64. The monoisotopic (exact) mass is 189 g/mol. The van der Waals surface area contributed by atoms with Gasteiger partial charge in [-0.15, -0.1) is 0 Å². The highest BCUT2D eigenvalue weighted by atomic mass is 16.6. The van der Waals surface area contributed by atoms with Gasteiger partial charge in [-0.3, -0.25) is 19.7 Å². The average molecular weight is 189 g/mol. The molecule has 0 radical (unpaired) electrons. The van der Waals surface area contributed by atoms with Gasteiger partial charge in [0, 0.05) is 4.92 Å². The van der Waals surface area contributed by atoms with E-state index in [1.807, 2.05) is 0 Å². The van der Waals surface area contributed by atoms with Crippen LogP contribution in [0.4, 0.5) is 0 Å². The van der Waals surface area contributed by atoms with Gasteiger partial charge in [0.25, 0.3) is 6.54 Å². The van der Waals surface area contributed by atoms with Crippen LogP contribution in [0.15, 0.2) is 0 Å². The molecule has 0 fully saturated rings. The van der Waals surface area contributed by atoms with E-state index in [4.69, 9.17) is 0 Å². The standard InChI is InChI=1S/C7H11NO5/c1-5(2)13-7(10)3-6(9)4-8(11)12/h5H,3-4H2,1-2H3. The minimum Gasteiger partial charge on any atom is -0.463 e. The Morgan fingerprint density at radius 2 is 2.00 bits per heavy atom. The Morgan fingerprint density at radius 1 is 1.46 bits per heavy atom. The van der Waals surface area contributed by atoms with Crippen LogP contribution in [0.2, 0.25) is 0 Å². The Morgan fingerprint density at radius 3 is 2.38 bits per heavy atom. The van der Waals surface area contributed by atoms with Crippen LogP contribution in [0.3, 0.4) is 0 Å². The molecule has 0 N–H and O–H groups in total. The third kappa shape index (κ3) is 6.92. The summed E-state index contributed by atoms with van der Waals surface area (Å²) in [6.07, 6.45) is -0.838. The smallest absolute Gasteiger partial charge is 0.313 e. The molecule has 6 heteroatoms. The first-order valence-corrected chi connectivity index (χ1v) is 3.74. The summed E-state index contributed by atoms with van der Waals surface area (Å²) < 4.78 is 4.62. The number of ketones is 1. The molecular weight excluding hydrogens is 178 g/mol. The van der Waals surface area contributed by atoms with Crippen LogP contribution in [0.1, 0.15) is 20.3 Å². The second-order valence-corrected chi connectivity index (χ2v) is 2.74. The maximum absolute atomic E-state index is 10.8. The van der Waals surface area contributed by atoms with Crippen molar-refractivity contribution in [2.45, 2.75) is 26.4 Å². The second-order valence-electron chi connectivity index (χ2n) is 2.74. The van der Waals surface area contributed by atoms with Crippen LogP contribution in [-0.4, -0.2) is 29.3 Å². The fourth-order valence-electron chi connectivity index (χ4n) is 0.665. The highest BCUT2D eigenvalue weighted by molar-refractivity contribution is 5.96. The van der Waals surface area contributed by atoms with E-state index in [2.05, 4.69) is 4.74 Å². The topological polar surface area (TPSA) is 86.5 Å². The van der Waals surface area contributed by atoms with Crippen LogP contribution >= 0.6 is 0 Å². The molecule has 74 valence electrons. The number of hydrogen-bond acceptors (Lipinski definition) is 5. The first kappa shape index (κ1) is 11.5. The Hall–Kier alpha value is -1.46. The van der Waals surface area contributed by atoms with E-state index < -0.39 is 29.6 Å². The molecular formula is C7H11NO5. The van der Waals surface area contributed by atoms with Crippen LogP contribution in [0.5, 0.6) is 0 Å². The number of nitrogens with zero attached hydrogens (tertiary/aromatic N) is 1. The van der Waals surface area contributed by atoms with Gasteiger partial charge in [-0.05, 0) is 13.8 Å². The molecule has 0 unspecified atom stereocenters. The number of esters is 1. The lowest BCUT2D eigenvalue weighted by atomic mass is 10.3. The predicted molar refractivity (Wildman–Crippen MR) is 42.7 cm³/mol. The van der Waals surface area contributed by atoms with Gasteiger partial charge in [0.2, 0.25) is 5.78 Å². The number of ether oxygens (including phenoxy) is 1. The zero-order chi connectivity index (χ0) is 10.4. The molecule has 0 bridgehead atoms. The minimum absolute atomic E-state index is 0.309. The van der Waals surface area contributed by atoms with Gasteiger partial charge in [-0.1, -0.05) is 0 Å². The van der Waals surface area contributed by atoms with Crippen molar-refractivity contribution in [1.29, 1.82) is 0 Å². The molecule has 0 aromatic carbocycles. The zero-order valence-electron chi connectivity index (χ0n) is 7.48. The predicted octanol–water partition coefficient (Wildman–Crippen LogP) is 0.174. The van der Waals surface area contributed by atoms with Gasteiger partial charge in [-0.25, -0.2) is 0 Å². The van der Waals surface area contributed by atoms with E-state index >= 15 is 0 Å². The third-order valence-electron chi connectivity index (χ3n) is 1.01.